The number of phenolic OH excluding ortho intramolecular Hbond substituents is 1. The van der Waals surface area contributed by atoms with E-state index in [0.29, 0.717) is 28.4 Å². The molecule has 0 spiro atoms. The summed E-state index contributed by atoms with van der Waals surface area (Å²) in [5, 5.41) is 23.7. The molecule has 1 aromatic heterocycles. The summed E-state index contributed by atoms with van der Waals surface area (Å²) in [5.74, 6) is 1.98. The van der Waals surface area contributed by atoms with Gasteiger partial charge in [-0.2, -0.15) is 5.10 Å². The van der Waals surface area contributed by atoms with Crippen molar-refractivity contribution < 1.29 is 14.9 Å². The molecule has 0 saturated heterocycles. The molecule has 1 fully saturated rings. The molecular weight excluding hydrogens is 360 g/mol. The van der Waals surface area contributed by atoms with Gasteiger partial charge in [0.25, 0.3) is 0 Å². The number of phenols is 1. The van der Waals surface area contributed by atoms with E-state index >= 15 is 0 Å². The Balaban J connectivity index is 1.97. The molecular formula is C17H21BrN2O3. The Bertz CT molecular complexity index is 723. The number of aliphatic hydroxyl groups is 1. The van der Waals surface area contributed by atoms with E-state index in [1.807, 2.05) is 20.0 Å². The molecule has 1 heterocycles. The fourth-order valence-corrected chi connectivity index (χ4v) is 3.19. The van der Waals surface area contributed by atoms with Gasteiger partial charge in [-0.25, -0.2) is 4.68 Å². The van der Waals surface area contributed by atoms with Gasteiger partial charge in [0, 0.05) is 31.2 Å². The summed E-state index contributed by atoms with van der Waals surface area (Å²) in [6, 6.07) is 3.44. The smallest absolute Gasteiger partial charge is 0.221 e. The van der Waals surface area contributed by atoms with Crippen LogP contribution in [0.2, 0.25) is 0 Å². The number of nitrogens with zero attached hydrogens (tertiary/aromatic N) is 2. The van der Waals surface area contributed by atoms with Crippen molar-refractivity contribution in [3.8, 4) is 17.4 Å². The molecule has 2 aromatic rings. The van der Waals surface area contributed by atoms with E-state index in [-0.39, 0.29) is 12.4 Å². The van der Waals surface area contributed by atoms with Gasteiger partial charge in [-0.3, -0.25) is 0 Å². The van der Waals surface area contributed by atoms with Crippen molar-refractivity contribution in [1.29, 1.82) is 0 Å². The highest BCUT2D eigenvalue weighted by atomic mass is 79.9. The highest BCUT2D eigenvalue weighted by Gasteiger charge is 2.31. The average Bonchev–Trinajstić information content (AvgIpc) is 3.30. The maximum Gasteiger partial charge on any atom is 0.221 e. The number of ether oxygens (including phenoxy) is 1. The minimum absolute atomic E-state index is 0.145. The van der Waals surface area contributed by atoms with Gasteiger partial charge < -0.3 is 14.9 Å². The van der Waals surface area contributed by atoms with Crippen LogP contribution in [0.25, 0.3) is 0 Å². The van der Waals surface area contributed by atoms with Crippen molar-refractivity contribution in [2.75, 3.05) is 6.61 Å². The summed E-state index contributed by atoms with van der Waals surface area (Å²) in [6.45, 7) is 2.08. The highest BCUT2D eigenvalue weighted by molar-refractivity contribution is 9.10. The molecule has 5 nitrogen and oxygen atoms in total. The third-order valence-electron chi connectivity index (χ3n) is 4.12. The zero-order chi connectivity index (χ0) is 16.6. The van der Waals surface area contributed by atoms with Crippen molar-refractivity contribution >= 4 is 15.9 Å². The lowest BCUT2D eigenvalue weighted by molar-refractivity contribution is 0.288. The zero-order valence-corrected chi connectivity index (χ0v) is 14.9. The Morgan fingerprint density at radius 1 is 1.39 bits per heavy atom. The Morgan fingerprint density at radius 3 is 2.78 bits per heavy atom. The quantitative estimate of drug-likeness (QED) is 0.799. The number of aryl methyl sites for hydroxylation is 2. The van der Waals surface area contributed by atoms with Crippen LogP contribution in [-0.4, -0.2) is 26.6 Å². The summed E-state index contributed by atoms with van der Waals surface area (Å²) in [5.41, 5.74) is 3.10. The second kappa shape index (κ2) is 6.53. The second-order valence-electron chi connectivity index (χ2n) is 6.07. The predicted octanol–water partition coefficient (Wildman–Crippen LogP) is 3.79. The Kier molecular flexibility index (Phi) is 4.64. The molecule has 0 aliphatic heterocycles. The van der Waals surface area contributed by atoms with E-state index in [2.05, 4.69) is 21.0 Å². The molecule has 3 rings (SSSR count). The summed E-state index contributed by atoms with van der Waals surface area (Å²) in [7, 11) is 1.87. The van der Waals surface area contributed by atoms with E-state index in [9.17, 15) is 5.11 Å². The lowest BCUT2D eigenvalue weighted by Crippen LogP contribution is -1.99. The van der Waals surface area contributed by atoms with Gasteiger partial charge in [0.2, 0.25) is 5.88 Å². The van der Waals surface area contributed by atoms with Crippen LogP contribution in [-0.2, 0) is 13.5 Å². The second-order valence-corrected chi connectivity index (χ2v) is 6.92. The van der Waals surface area contributed by atoms with Crippen LogP contribution >= 0.6 is 15.9 Å². The number of rotatable bonds is 6. The summed E-state index contributed by atoms with van der Waals surface area (Å²) in [6.07, 6.45) is 3.76. The van der Waals surface area contributed by atoms with Gasteiger partial charge in [0.05, 0.1) is 10.2 Å². The van der Waals surface area contributed by atoms with Crippen molar-refractivity contribution in [1.82, 2.24) is 9.78 Å². The Morgan fingerprint density at radius 2 is 2.13 bits per heavy atom. The number of aromatic hydroxyl groups is 1. The lowest BCUT2D eigenvalue weighted by atomic mass is 10.1. The van der Waals surface area contributed by atoms with Crippen molar-refractivity contribution in [3.63, 3.8) is 0 Å². The van der Waals surface area contributed by atoms with Gasteiger partial charge in [0.1, 0.15) is 11.5 Å². The van der Waals surface area contributed by atoms with Crippen LogP contribution in [0.3, 0.4) is 0 Å². The molecule has 0 unspecified atom stereocenters. The first kappa shape index (κ1) is 16.3. The van der Waals surface area contributed by atoms with Gasteiger partial charge in [-0.05, 0) is 60.2 Å². The van der Waals surface area contributed by atoms with Crippen molar-refractivity contribution in [2.24, 2.45) is 7.05 Å². The molecule has 1 saturated carbocycles. The molecule has 1 aliphatic carbocycles. The number of hydrogen-bond acceptors (Lipinski definition) is 4. The molecule has 1 aromatic carbocycles. The molecule has 0 amide bonds. The van der Waals surface area contributed by atoms with Crippen LogP contribution in [0.5, 0.6) is 17.4 Å². The first-order valence-electron chi connectivity index (χ1n) is 7.84. The maximum atomic E-state index is 9.90. The topological polar surface area (TPSA) is 67.5 Å². The molecule has 1 aliphatic rings. The highest BCUT2D eigenvalue weighted by Crippen LogP contribution is 2.44. The summed E-state index contributed by atoms with van der Waals surface area (Å²) in [4.78, 5) is 0. The largest absolute Gasteiger partial charge is 0.507 e. The fourth-order valence-electron chi connectivity index (χ4n) is 2.73. The molecule has 0 radical (unpaired) electrons. The molecule has 0 bridgehead atoms. The average molecular weight is 381 g/mol. The molecule has 0 atom stereocenters. The molecule has 124 valence electrons. The van der Waals surface area contributed by atoms with Crippen LogP contribution in [0.15, 0.2) is 16.6 Å². The number of hydrogen-bond donors (Lipinski definition) is 2. The first-order valence-corrected chi connectivity index (χ1v) is 8.64. The van der Waals surface area contributed by atoms with E-state index in [1.54, 1.807) is 10.7 Å². The van der Waals surface area contributed by atoms with Gasteiger partial charge >= 0.3 is 0 Å². The monoisotopic (exact) mass is 380 g/mol. The van der Waals surface area contributed by atoms with Crippen LogP contribution in [0, 0.1) is 6.92 Å². The number of aliphatic hydroxyl groups excluding tert-OH is 1. The van der Waals surface area contributed by atoms with Crippen LogP contribution in [0.4, 0.5) is 0 Å². The number of halogens is 1. The van der Waals surface area contributed by atoms with E-state index in [1.165, 1.54) is 12.8 Å². The van der Waals surface area contributed by atoms with E-state index in [0.717, 1.165) is 23.2 Å². The number of benzene rings is 1. The van der Waals surface area contributed by atoms with Crippen molar-refractivity contribution in [2.45, 2.75) is 38.5 Å². The minimum atomic E-state index is 0.145. The maximum absolute atomic E-state index is 9.90. The standard InChI is InChI=1S/C17H21BrN2O3/c1-10-8-13(18)14(22)9-15(10)23-17-12(4-3-7-21)16(11-5-6-11)19-20(17)2/h8-9,11,21-22H,3-7H2,1-2H3. The molecule has 23 heavy (non-hydrogen) atoms. The van der Waals surface area contributed by atoms with Crippen LogP contribution < -0.4 is 4.74 Å². The minimum Gasteiger partial charge on any atom is -0.507 e. The van der Waals surface area contributed by atoms with Crippen molar-refractivity contribution in [3.05, 3.63) is 33.4 Å². The number of aromatic nitrogens is 2. The molecule has 2 N–H and O–H groups in total. The zero-order valence-electron chi connectivity index (χ0n) is 13.3. The molecule has 6 heteroatoms. The normalized spacial score (nSPS) is 14.3. The Labute approximate surface area is 144 Å². The first-order chi connectivity index (χ1) is 11.0. The lowest BCUT2D eigenvalue weighted by Gasteiger charge is -2.12. The van der Waals surface area contributed by atoms with Gasteiger partial charge in [-0.1, -0.05) is 0 Å². The van der Waals surface area contributed by atoms with E-state index < -0.39 is 0 Å². The Hall–Kier alpha value is -1.53. The van der Waals surface area contributed by atoms with Gasteiger partial charge in [0.15, 0.2) is 0 Å². The SMILES string of the molecule is Cc1cc(Br)c(O)cc1Oc1c(CCCO)c(C2CC2)nn1C. The predicted molar refractivity (Wildman–Crippen MR) is 91.2 cm³/mol. The van der Waals surface area contributed by atoms with Gasteiger partial charge in [-0.15, -0.1) is 0 Å². The van der Waals surface area contributed by atoms with E-state index in [4.69, 9.17) is 9.84 Å². The van der Waals surface area contributed by atoms with Crippen LogP contribution in [0.1, 0.15) is 42.0 Å². The summed E-state index contributed by atoms with van der Waals surface area (Å²) >= 11 is 3.31. The fraction of sp³-hybridized carbons (Fsp3) is 0.471. The third-order valence-corrected chi connectivity index (χ3v) is 4.75. The third kappa shape index (κ3) is 3.38. The summed E-state index contributed by atoms with van der Waals surface area (Å²) < 4.78 is 8.51.